The lowest BCUT2D eigenvalue weighted by atomic mass is 10.2. The Hall–Kier alpha value is -2.42. The van der Waals surface area contributed by atoms with Crippen LogP contribution in [0.4, 0.5) is 4.39 Å². The smallest absolute Gasteiger partial charge is 0.266 e. The van der Waals surface area contributed by atoms with Crippen molar-refractivity contribution in [1.82, 2.24) is 14.5 Å². The number of rotatable bonds is 4. The summed E-state index contributed by atoms with van der Waals surface area (Å²) in [6.07, 6.45) is 0. The first-order chi connectivity index (χ1) is 13.1. The van der Waals surface area contributed by atoms with E-state index in [2.05, 4.69) is 5.10 Å². The molecule has 0 atom stereocenters. The molecule has 0 unspecified atom stereocenters. The van der Waals surface area contributed by atoms with Crippen molar-refractivity contribution in [2.75, 3.05) is 0 Å². The summed E-state index contributed by atoms with van der Waals surface area (Å²) in [5.41, 5.74) is 1.13. The van der Waals surface area contributed by atoms with Crippen molar-refractivity contribution in [1.29, 1.82) is 0 Å². The molecular formula is C18H14Cl2FN3O3S. The standard InChI is InChI=1S/C18H14Cl2FN3O3S/c1-10-6-7-12(21)9-16(10)28(26,27)23-18(25)14-8-11(2)24(22-14)15-5-3-4-13(19)17(15)20/h3-9H,1-2H3,(H,23,25). The summed E-state index contributed by atoms with van der Waals surface area (Å²) in [6.45, 7) is 3.17. The molecule has 6 nitrogen and oxygen atoms in total. The van der Waals surface area contributed by atoms with Gasteiger partial charge in [0.15, 0.2) is 5.69 Å². The van der Waals surface area contributed by atoms with Crippen molar-refractivity contribution in [2.24, 2.45) is 0 Å². The van der Waals surface area contributed by atoms with Crippen LogP contribution >= 0.6 is 23.2 Å². The minimum Gasteiger partial charge on any atom is -0.266 e. The normalized spacial score (nSPS) is 11.5. The molecule has 0 spiro atoms. The van der Waals surface area contributed by atoms with E-state index in [4.69, 9.17) is 23.2 Å². The highest BCUT2D eigenvalue weighted by molar-refractivity contribution is 7.90. The van der Waals surface area contributed by atoms with Crippen molar-refractivity contribution in [3.63, 3.8) is 0 Å². The third-order valence-electron chi connectivity index (χ3n) is 3.95. The summed E-state index contributed by atoms with van der Waals surface area (Å²) in [5, 5.41) is 4.67. The van der Waals surface area contributed by atoms with Crippen LogP contribution in [0.25, 0.3) is 5.69 Å². The number of carbonyl (C=O) groups is 1. The van der Waals surface area contributed by atoms with Crippen molar-refractivity contribution >= 4 is 39.1 Å². The molecule has 0 saturated heterocycles. The Bertz CT molecular complexity index is 1190. The summed E-state index contributed by atoms with van der Waals surface area (Å²) >= 11 is 12.2. The summed E-state index contributed by atoms with van der Waals surface area (Å²) < 4.78 is 41.7. The van der Waals surface area contributed by atoms with E-state index in [0.29, 0.717) is 22.0 Å². The Morgan fingerprint density at radius 2 is 1.86 bits per heavy atom. The first-order valence-electron chi connectivity index (χ1n) is 7.94. The third-order valence-corrected chi connectivity index (χ3v) is 6.23. The van der Waals surface area contributed by atoms with E-state index in [1.165, 1.54) is 23.7 Å². The summed E-state index contributed by atoms with van der Waals surface area (Å²) in [7, 11) is -4.28. The lowest BCUT2D eigenvalue weighted by Gasteiger charge is -2.09. The van der Waals surface area contributed by atoms with E-state index < -0.39 is 21.7 Å². The molecule has 28 heavy (non-hydrogen) atoms. The van der Waals surface area contributed by atoms with E-state index in [1.807, 2.05) is 4.72 Å². The number of nitrogens with one attached hydrogen (secondary N) is 1. The fraction of sp³-hybridized carbons (Fsp3) is 0.111. The number of aryl methyl sites for hydroxylation is 2. The van der Waals surface area contributed by atoms with Gasteiger partial charge in [-0.3, -0.25) is 4.79 Å². The van der Waals surface area contributed by atoms with E-state index >= 15 is 0 Å². The quantitative estimate of drug-likeness (QED) is 0.661. The second-order valence-electron chi connectivity index (χ2n) is 6.00. The lowest BCUT2D eigenvalue weighted by molar-refractivity contribution is 0.0976. The van der Waals surface area contributed by atoms with Crippen LogP contribution in [0.3, 0.4) is 0 Å². The maximum absolute atomic E-state index is 13.4. The number of hydrogen-bond acceptors (Lipinski definition) is 4. The van der Waals surface area contributed by atoms with Gasteiger partial charge >= 0.3 is 0 Å². The molecule has 1 amide bonds. The number of halogens is 3. The molecule has 0 aliphatic carbocycles. The highest BCUT2D eigenvalue weighted by atomic mass is 35.5. The largest absolute Gasteiger partial charge is 0.285 e. The summed E-state index contributed by atoms with van der Waals surface area (Å²) in [6, 6.07) is 9.63. The minimum atomic E-state index is -4.28. The van der Waals surface area contributed by atoms with Gasteiger partial charge in [-0.15, -0.1) is 0 Å². The Morgan fingerprint density at radius 1 is 1.14 bits per heavy atom. The van der Waals surface area contributed by atoms with Gasteiger partial charge in [0.05, 0.1) is 20.6 Å². The first kappa shape index (κ1) is 20.3. The molecule has 1 N–H and O–H groups in total. The van der Waals surface area contributed by atoms with Crippen LogP contribution in [0.5, 0.6) is 0 Å². The highest BCUT2D eigenvalue weighted by Gasteiger charge is 2.24. The molecule has 0 saturated carbocycles. The van der Waals surface area contributed by atoms with Gasteiger partial charge in [0, 0.05) is 5.69 Å². The van der Waals surface area contributed by atoms with Crippen LogP contribution in [-0.2, 0) is 10.0 Å². The number of nitrogens with zero attached hydrogens (tertiary/aromatic N) is 2. The second kappa shape index (κ2) is 7.54. The molecule has 0 radical (unpaired) electrons. The molecule has 3 rings (SSSR count). The maximum atomic E-state index is 13.4. The van der Waals surface area contributed by atoms with Crippen LogP contribution in [0.2, 0.25) is 10.0 Å². The fourth-order valence-electron chi connectivity index (χ4n) is 2.58. The minimum absolute atomic E-state index is 0.147. The number of benzene rings is 2. The van der Waals surface area contributed by atoms with E-state index in [9.17, 15) is 17.6 Å². The molecule has 1 heterocycles. The molecule has 3 aromatic rings. The summed E-state index contributed by atoms with van der Waals surface area (Å²) in [4.78, 5) is 12.1. The topological polar surface area (TPSA) is 81.1 Å². The zero-order chi connectivity index (χ0) is 20.6. The van der Waals surface area contributed by atoms with E-state index in [0.717, 1.165) is 12.1 Å². The highest BCUT2D eigenvalue weighted by Crippen LogP contribution is 2.29. The first-order valence-corrected chi connectivity index (χ1v) is 10.2. The van der Waals surface area contributed by atoms with Gasteiger partial charge in [-0.1, -0.05) is 35.3 Å². The van der Waals surface area contributed by atoms with Crippen molar-refractivity contribution in [3.8, 4) is 5.69 Å². The SMILES string of the molecule is Cc1ccc(F)cc1S(=O)(=O)NC(=O)c1cc(C)n(-c2cccc(Cl)c2Cl)n1. The molecule has 1 aromatic heterocycles. The van der Waals surface area contributed by atoms with Crippen molar-refractivity contribution in [2.45, 2.75) is 18.7 Å². The van der Waals surface area contributed by atoms with Crippen LogP contribution < -0.4 is 4.72 Å². The number of hydrogen-bond donors (Lipinski definition) is 1. The molecule has 0 fully saturated rings. The average Bonchev–Trinajstić information content (AvgIpc) is 3.01. The van der Waals surface area contributed by atoms with Gasteiger partial charge < -0.3 is 0 Å². The van der Waals surface area contributed by atoms with Crippen LogP contribution in [0.1, 0.15) is 21.7 Å². The number of carbonyl (C=O) groups excluding carboxylic acids is 1. The predicted molar refractivity (Wildman–Crippen MR) is 104 cm³/mol. The Balaban J connectivity index is 1.94. The Morgan fingerprint density at radius 3 is 2.57 bits per heavy atom. The molecule has 0 aliphatic rings. The molecular weight excluding hydrogens is 428 g/mol. The maximum Gasteiger partial charge on any atom is 0.285 e. The third kappa shape index (κ3) is 3.89. The number of sulfonamides is 1. The molecule has 0 bridgehead atoms. The molecule has 10 heteroatoms. The molecule has 146 valence electrons. The lowest BCUT2D eigenvalue weighted by Crippen LogP contribution is -2.31. The van der Waals surface area contributed by atoms with Gasteiger partial charge in [-0.25, -0.2) is 22.2 Å². The molecule has 0 aliphatic heterocycles. The second-order valence-corrected chi connectivity index (χ2v) is 8.44. The van der Waals surface area contributed by atoms with Gasteiger partial charge in [0.25, 0.3) is 15.9 Å². The van der Waals surface area contributed by atoms with Gasteiger partial charge in [-0.2, -0.15) is 5.10 Å². The van der Waals surface area contributed by atoms with Crippen LogP contribution in [-0.4, -0.2) is 24.1 Å². The van der Waals surface area contributed by atoms with Gasteiger partial charge in [0.2, 0.25) is 0 Å². The number of aromatic nitrogens is 2. The van der Waals surface area contributed by atoms with Crippen LogP contribution in [0, 0.1) is 19.7 Å². The monoisotopic (exact) mass is 441 g/mol. The fourth-order valence-corrected chi connectivity index (χ4v) is 4.17. The average molecular weight is 442 g/mol. The van der Waals surface area contributed by atoms with Crippen molar-refractivity contribution in [3.05, 3.63) is 75.3 Å². The predicted octanol–water partition coefficient (Wildman–Crippen LogP) is 4.05. The molecule has 2 aromatic carbocycles. The van der Waals surface area contributed by atoms with E-state index in [1.54, 1.807) is 25.1 Å². The zero-order valence-electron chi connectivity index (χ0n) is 14.7. The van der Waals surface area contributed by atoms with Gasteiger partial charge in [-0.05, 0) is 49.7 Å². The van der Waals surface area contributed by atoms with Crippen molar-refractivity contribution < 1.29 is 17.6 Å². The van der Waals surface area contributed by atoms with Gasteiger partial charge in [0.1, 0.15) is 5.82 Å². The Kier molecular flexibility index (Phi) is 5.47. The van der Waals surface area contributed by atoms with E-state index in [-0.39, 0.29) is 15.6 Å². The zero-order valence-corrected chi connectivity index (χ0v) is 17.0. The van der Waals surface area contributed by atoms with Crippen LogP contribution in [0.15, 0.2) is 47.4 Å². The number of amides is 1. The Labute approximate surface area is 170 Å². The summed E-state index contributed by atoms with van der Waals surface area (Å²) in [5.74, 6) is -1.68.